The topological polar surface area (TPSA) is 110 Å². The van der Waals surface area contributed by atoms with Gasteiger partial charge in [-0.2, -0.15) is 0 Å². The summed E-state index contributed by atoms with van der Waals surface area (Å²) >= 11 is 0. The normalized spacial score (nSPS) is 11.2. The van der Waals surface area contributed by atoms with E-state index < -0.39 is 15.8 Å². The molecule has 0 aliphatic heterocycles. The summed E-state index contributed by atoms with van der Waals surface area (Å²) < 4.78 is 44.3. The Morgan fingerprint density at radius 2 is 1.67 bits per heavy atom. The lowest BCUT2D eigenvalue weighted by molar-refractivity contribution is 0.400. The first-order chi connectivity index (χ1) is 11.4. The van der Waals surface area contributed by atoms with E-state index in [1.165, 1.54) is 12.1 Å². The molecule has 10 heteroatoms. The van der Waals surface area contributed by atoms with Gasteiger partial charge in [0.1, 0.15) is 11.6 Å². The van der Waals surface area contributed by atoms with Gasteiger partial charge in [-0.25, -0.2) is 12.8 Å². The number of benzene rings is 1. The van der Waals surface area contributed by atoms with Gasteiger partial charge >= 0.3 is 0 Å². The second-order valence-electron chi connectivity index (χ2n) is 4.81. The molecule has 0 aliphatic carbocycles. The van der Waals surface area contributed by atoms with Crippen LogP contribution in [0.25, 0.3) is 0 Å². The average molecular weight is 349 g/mol. The van der Waals surface area contributed by atoms with Crippen LogP contribution in [0.3, 0.4) is 0 Å². The second kappa shape index (κ2) is 6.24. The molecular weight excluding hydrogens is 337 g/mol. The standard InChI is InChI=1S/C14H12FN5O3S/c1-9-8-14(19-23-9)16-12-6-7-13(18-17-12)20-24(21,22)11-4-2-10(15)3-5-11/h2-8H,1H3,(H,18,20)(H,16,17,19). The maximum atomic E-state index is 12.9. The van der Waals surface area contributed by atoms with E-state index in [4.69, 9.17) is 4.52 Å². The molecule has 0 unspecified atom stereocenters. The predicted molar refractivity (Wildman–Crippen MR) is 83.8 cm³/mol. The van der Waals surface area contributed by atoms with Crippen LogP contribution in [0.2, 0.25) is 0 Å². The molecule has 0 aliphatic rings. The first-order valence-electron chi connectivity index (χ1n) is 6.75. The number of aromatic nitrogens is 3. The summed E-state index contributed by atoms with van der Waals surface area (Å²) in [5.74, 6) is 0.970. The van der Waals surface area contributed by atoms with E-state index in [-0.39, 0.29) is 10.7 Å². The third-order valence-electron chi connectivity index (χ3n) is 2.91. The van der Waals surface area contributed by atoms with Gasteiger partial charge in [-0.1, -0.05) is 5.16 Å². The molecule has 0 saturated carbocycles. The van der Waals surface area contributed by atoms with Crippen molar-refractivity contribution in [2.24, 2.45) is 0 Å². The molecule has 1 aromatic carbocycles. The number of halogens is 1. The van der Waals surface area contributed by atoms with E-state index in [0.717, 1.165) is 24.3 Å². The van der Waals surface area contributed by atoms with Gasteiger partial charge in [-0.3, -0.25) is 4.72 Å². The van der Waals surface area contributed by atoms with E-state index in [1.807, 2.05) is 0 Å². The molecule has 0 atom stereocenters. The highest BCUT2D eigenvalue weighted by Gasteiger charge is 2.15. The first kappa shape index (κ1) is 15.9. The van der Waals surface area contributed by atoms with Crippen molar-refractivity contribution in [2.75, 3.05) is 10.0 Å². The molecule has 2 N–H and O–H groups in total. The van der Waals surface area contributed by atoms with Gasteiger partial charge in [-0.15, -0.1) is 10.2 Å². The Morgan fingerprint density at radius 1 is 1.00 bits per heavy atom. The minimum absolute atomic E-state index is 0.0289. The number of rotatable bonds is 5. The van der Waals surface area contributed by atoms with Crippen molar-refractivity contribution < 1.29 is 17.3 Å². The summed E-state index contributed by atoms with van der Waals surface area (Å²) in [6, 6.07) is 9.08. The predicted octanol–water partition coefficient (Wildman–Crippen LogP) is 2.46. The number of hydrogen-bond donors (Lipinski definition) is 2. The molecule has 2 heterocycles. The van der Waals surface area contributed by atoms with E-state index >= 15 is 0 Å². The Balaban J connectivity index is 1.72. The molecule has 0 fully saturated rings. The fourth-order valence-electron chi connectivity index (χ4n) is 1.82. The van der Waals surface area contributed by atoms with E-state index in [2.05, 4.69) is 25.4 Å². The number of sulfonamides is 1. The average Bonchev–Trinajstić information content (AvgIpc) is 2.94. The zero-order valence-electron chi connectivity index (χ0n) is 12.4. The molecule has 0 amide bonds. The van der Waals surface area contributed by atoms with Gasteiger partial charge in [0, 0.05) is 6.07 Å². The summed E-state index contributed by atoms with van der Waals surface area (Å²) in [6.45, 7) is 1.75. The number of anilines is 3. The summed E-state index contributed by atoms with van der Waals surface area (Å²) in [6.07, 6.45) is 0. The molecule has 0 saturated heterocycles. The quantitative estimate of drug-likeness (QED) is 0.728. The van der Waals surface area contributed by atoms with Crippen LogP contribution in [0, 0.1) is 12.7 Å². The Bertz CT molecular complexity index is 939. The zero-order valence-corrected chi connectivity index (χ0v) is 13.2. The summed E-state index contributed by atoms with van der Waals surface area (Å²) in [7, 11) is -3.87. The van der Waals surface area contributed by atoms with Crippen LogP contribution in [-0.4, -0.2) is 23.8 Å². The van der Waals surface area contributed by atoms with Crippen LogP contribution in [0.1, 0.15) is 5.76 Å². The number of nitrogens with one attached hydrogen (secondary N) is 2. The third-order valence-corrected chi connectivity index (χ3v) is 4.28. The van der Waals surface area contributed by atoms with Gasteiger partial charge in [0.2, 0.25) is 0 Å². The van der Waals surface area contributed by atoms with Crippen molar-refractivity contribution in [3.63, 3.8) is 0 Å². The highest BCUT2D eigenvalue weighted by molar-refractivity contribution is 7.92. The lowest BCUT2D eigenvalue weighted by atomic mass is 10.4. The Morgan fingerprint density at radius 3 is 2.25 bits per heavy atom. The highest BCUT2D eigenvalue weighted by Crippen LogP contribution is 2.17. The zero-order chi connectivity index (χ0) is 17.2. The maximum Gasteiger partial charge on any atom is 0.263 e. The van der Waals surface area contributed by atoms with Crippen molar-refractivity contribution in [3.8, 4) is 0 Å². The molecule has 24 heavy (non-hydrogen) atoms. The Labute approximate surface area is 136 Å². The van der Waals surface area contributed by atoms with E-state index in [0.29, 0.717) is 17.4 Å². The van der Waals surface area contributed by atoms with Crippen molar-refractivity contribution in [1.82, 2.24) is 15.4 Å². The fraction of sp³-hybridized carbons (Fsp3) is 0.0714. The number of aryl methyl sites for hydroxylation is 1. The first-order valence-corrected chi connectivity index (χ1v) is 8.23. The van der Waals surface area contributed by atoms with Crippen molar-refractivity contribution in [1.29, 1.82) is 0 Å². The highest BCUT2D eigenvalue weighted by atomic mass is 32.2. The Hall–Kier alpha value is -3.01. The summed E-state index contributed by atoms with van der Waals surface area (Å²) in [5.41, 5.74) is 0. The third kappa shape index (κ3) is 3.66. The monoisotopic (exact) mass is 349 g/mol. The summed E-state index contributed by atoms with van der Waals surface area (Å²) in [5, 5.41) is 14.2. The van der Waals surface area contributed by atoms with Crippen LogP contribution in [0.4, 0.5) is 21.8 Å². The molecular formula is C14H12FN5O3S. The smallest absolute Gasteiger partial charge is 0.263 e. The van der Waals surface area contributed by atoms with Gasteiger partial charge in [0.05, 0.1) is 4.90 Å². The molecule has 3 aromatic rings. The molecule has 0 radical (unpaired) electrons. The number of nitrogens with zero attached hydrogens (tertiary/aromatic N) is 3. The van der Waals surface area contributed by atoms with Crippen LogP contribution in [0.5, 0.6) is 0 Å². The maximum absolute atomic E-state index is 12.9. The fourth-order valence-corrected chi connectivity index (χ4v) is 2.82. The van der Waals surface area contributed by atoms with Gasteiger partial charge < -0.3 is 9.84 Å². The second-order valence-corrected chi connectivity index (χ2v) is 6.49. The van der Waals surface area contributed by atoms with Gasteiger partial charge in [-0.05, 0) is 43.3 Å². The van der Waals surface area contributed by atoms with Crippen molar-refractivity contribution >= 4 is 27.5 Å². The number of hydrogen-bond acceptors (Lipinski definition) is 7. The largest absolute Gasteiger partial charge is 0.360 e. The molecule has 3 rings (SSSR count). The lowest BCUT2D eigenvalue weighted by Crippen LogP contribution is -2.14. The minimum atomic E-state index is -3.87. The van der Waals surface area contributed by atoms with Crippen molar-refractivity contribution in [3.05, 3.63) is 54.0 Å². The van der Waals surface area contributed by atoms with Crippen LogP contribution in [0.15, 0.2) is 51.9 Å². The van der Waals surface area contributed by atoms with E-state index in [9.17, 15) is 12.8 Å². The SMILES string of the molecule is Cc1cc(Nc2ccc(NS(=O)(=O)c3ccc(F)cc3)nn2)no1. The molecule has 8 nitrogen and oxygen atoms in total. The lowest BCUT2D eigenvalue weighted by Gasteiger charge is -2.07. The van der Waals surface area contributed by atoms with Crippen LogP contribution in [-0.2, 0) is 10.0 Å². The van der Waals surface area contributed by atoms with Crippen molar-refractivity contribution in [2.45, 2.75) is 11.8 Å². The molecule has 0 bridgehead atoms. The van der Waals surface area contributed by atoms with Gasteiger partial charge in [0.15, 0.2) is 17.5 Å². The van der Waals surface area contributed by atoms with Gasteiger partial charge in [0.25, 0.3) is 10.0 Å². The Kier molecular flexibility index (Phi) is 4.13. The minimum Gasteiger partial charge on any atom is -0.360 e. The molecule has 0 spiro atoms. The molecule has 2 aromatic heterocycles. The van der Waals surface area contributed by atoms with E-state index in [1.54, 1.807) is 13.0 Å². The molecule has 124 valence electrons. The van der Waals surface area contributed by atoms with Crippen LogP contribution >= 0.6 is 0 Å². The summed E-state index contributed by atoms with van der Waals surface area (Å²) in [4.78, 5) is -0.0778. The van der Waals surface area contributed by atoms with Crippen LogP contribution < -0.4 is 10.0 Å².